The van der Waals surface area contributed by atoms with Gasteiger partial charge in [0.1, 0.15) is 15.9 Å². The van der Waals surface area contributed by atoms with Gasteiger partial charge in [0.05, 0.1) is 5.75 Å². The molecular weight excluding hydrogens is 284 g/mol. The highest BCUT2D eigenvalue weighted by atomic mass is 32.2. The van der Waals surface area contributed by atoms with Gasteiger partial charge in [-0.2, -0.15) is 0 Å². The molecule has 1 amide bonds. The van der Waals surface area contributed by atoms with Crippen LogP contribution in [0.15, 0.2) is 0 Å². The molecule has 0 saturated heterocycles. The fourth-order valence-corrected chi connectivity index (χ4v) is 2.33. The fraction of sp³-hybridized carbons (Fsp3) is 0.833. The summed E-state index contributed by atoms with van der Waals surface area (Å²) in [5, 5.41) is 11.3. The Morgan fingerprint density at radius 1 is 1.25 bits per heavy atom. The minimum atomic E-state index is -3.25. The van der Waals surface area contributed by atoms with E-state index in [1.54, 1.807) is 0 Å². The summed E-state index contributed by atoms with van der Waals surface area (Å²) < 4.78 is 22.0. The van der Waals surface area contributed by atoms with Gasteiger partial charge in [-0.1, -0.05) is 6.92 Å². The van der Waals surface area contributed by atoms with Gasteiger partial charge in [0.15, 0.2) is 0 Å². The number of hydrogen-bond donors (Lipinski definition) is 3. The summed E-state index contributed by atoms with van der Waals surface area (Å²) in [6.45, 7) is 2.52. The summed E-state index contributed by atoms with van der Waals surface area (Å²) in [5.41, 5.74) is 5.40. The summed E-state index contributed by atoms with van der Waals surface area (Å²) in [6, 6.07) is -1.16. The zero-order chi connectivity index (χ0) is 15.8. The van der Waals surface area contributed by atoms with E-state index >= 15 is 0 Å². The van der Waals surface area contributed by atoms with Crippen molar-refractivity contribution in [2.75, 3.05) is 18.6 Å². The van der Waals surface area contributed by atoms with Crippen molar-refractivity contribution in [1.82, 2.24) is 5.32 Å². The third kappa shape index (κ3) is 9.74. The lowest BCUT2D eigenvalue weighted by molar-refractivity contribution is -0.141. The molecule has 8 heteroatoms. The molecule has 0 aliphatic heterocycles. The van der Waals surface area contributed by atoms with Crippen molar-refractivity contribution in [1.29, 1.82) is 0 Å². The van der Waals surface area contributed by atoms with Gasteiger partial charge in [-0.05, 0) is 31.7 Å². The summed E-state index contributed by atoms with van der Waals surface area (Å²) in [6.07, 6.45) is 2.55. The Bertz CT molecular complexity index is 422. The van der Waals surface area contributed by atoms with Crippen molar-refractivity contribution >= 4 is 21.7 Å². The molecule has 118 valence electrons. The first kappa shape index (κ1) is 18.9. The monoisotopic (exact) mass is 308 g/mol. The summed E-state index contributed by atoms with van der Waals surface area (Å²) in [4.78, 5) is 22.6. The minimum Gasteiger partial charge on any atom is -0.480 e. The number of aliphatic carboxylic acids is 1. The quantitative estimate of drug-likeness (QED) is 0.511. The number of amides is 1. The third-order valence-corrected chi connectivity index (χ3v) is 3.91. The van der Waals surface area contributed by atoms with E-state index in [-0.39, 0.29) is 24.5 Å². The van der Waals surface area contributed by atoms with Crippen LogP contribution >= 0.6 is 0 Å². The fourth-order valence-electron chi connectivity index (χ4n) is 1.66. The molecule has 0 saturated carbocycles. The van der Waals surface area contributed by atoms with Gasteiger partial charge in [-0.25, -0.2) is 13.2 Å². The second-order valence-corrected chi connectivity index (χ2v) is 7.36. The second-order valence-electron chi connectivity index (χ2n) is 5.10. The minimum absolute atomic E-state index is 0.127. The molecule has 4 N–H and O–H groups in total. The predicted molar refractivity (Wildman–Crippen MR) is 76.0 cm³/mol. The van der Waals surface area contributed by atoms with Crippen LogP contribution < -0.4 is 11.1 Å². The molecule has 0 aliphatic carbocycles. The van der Waals surface area contributed by atoms with Crippen molar-refractivity contribution in [2.24, 2.45) is 11.7 Å². The zero-order valence-corrected chi connectivity index (χ0v) is 12.8. The van der Waals surface area contributed by atoms with Crippen LogP contribution in [0, 0.1) is 5.92 Å². The molecule has 7 nitrogen and oxygen atoms in total. The first-order valence-corrected chi connectivity index (χ1v) is 8.61. The van der Waals surface area contributed by atoms with Gasteiger partial charge in [-0.3, -0.25) is 4.79 Å². The number of hydrogen-bond acceptors (Lipinski definition) is 5. The first-order valence-electron chi connectivity index (χ1n) is 6.55. The van der Waals surface area contributed by atoms with Gasteiger partial charge in [0, 0.05) is 12.7 Å². The lowest BCUT2D eigenvalue weighted by Crippen LogP contribution is -2.41. The normalized spacial score (nSPS) is 14.6. The highest BCUT2D eigenvalue weighted by Gasteiger charge is 2.21. The molecule has 0 spiro atoms. The molecule has 0 aliphatic rings. The van der Waals surface area contributed by atoms with E-state index in [0.29, 0.717) is 18.9 Å². The SMILES string of the molecule is CC(CCN)CCC(=O)NC(CCS(C)(=O)=O)C(=O)O. The Kier molecular flexibility index (Phi) is 8.40. The molecule has 20 heavy (non-hydrogen) atoms. The van der Waals surface area contributed by atoms with Crippen LogP contribution in [-0.2, 0) is 19.4 Å². The topological polar surface area (TPSA) is 127 Å². The molecule has 0 radical (unpaired) electrons. The largest absolute Gasteiger partial charge is 0.480 e. The number of carboxylic acid groups (broad SMARTS) is 1. The molecule has 0 aromatic heterocycles. The highest BCUT2D eigenvalue weighted by molar-refractivity contribution is 7.90. The lowest BCUT2D eigenvalue weighted by atomic mass is 10.0. The first-order chi connectivity index (χ1) is 9.15. The average molecular weight is 308 g/mol. The molecule has 0 rings (SSSR count). The summed E-state index contributed by atoms with van der Waals surface area (Å²) in [7, 11) is -3.25. The Morgan fingerprint density at radius 2 is 1.85 bits per heavy atom. The number of nitrogens with one attached hydrogen (secondary N) is 1. The maximum atomic E-state index is 11.6. The van der Waals surface area contributed by atoms with Crippen LogP contribution in [0.25, 0.3) is 0 Å². The molecular formula is C12H24N2O5S. The van der Waals surface area contributed by atoms with E-state index in [9.17, 15) is 18.0 Å². The van der Waals surface area contributed by atoms with Crippen LogP contribution in [0.4, 0.5) is 0 Å². The van der Waals surface area contributed by atoms with Crippen molar-refractivity contribution in [2.45, 2.75) is 38.6 Å². The van der Waals surface area contributed by atoms with Gasteiger partial charge in [-0.15, -0.1) is 0 Å². The number of carbonyl (C=O) groups excluding carboxylic acids is 1. The van der Waals surface area contributed by atoms with Gasteiger partial charge >= 0.3 is 5.97 Å². The number of carboxylic acids is 1. The molecule has 0 bridgehead atoms. The smallest absolute Gasteiger partial charge is 0.326 e. The van der Waals surface area contributed by atoms with Gasteiger partial charge in [0.25, 0.3) is 0 Å². The van der Waals surface area contributed by atoms with Crippen LogP contribution in [0.1, 0.15) is 32.6 Å². The van der Waals surface area contributed by atoms with Crippen LogP contribution in [0.3, 0.4) is 0 Å². The number of sulfone groups is 1. The van der Waals surface area contributed by atoms with E-state index in [0.717, 1.165) is 12.7 Å². The Labute approximate surface area is 119 Å². The van der Waals surface area contributed by atoms with E-state index in [2.05, 4.69) is 5.32 Å². The summed E-state index contributed by atoms with van der Waals surface area (Å²) >= 11 is 0. The van der Waals surface area contributed by atoms with E-state index in [4.69, 9.17) is 10.8 Å². The number of rotatable bonds is 10. The Morgan fingerprint density at radius 3 is 2.30 bits per heavy atom. The maximum Gasteiger partial charge on any atom is 0.326 e. The number of carbonyl (C=O) groups is 2. The Hall–Kier alpha value is -1.15. The van der Waals surface area contributed by atoms with Crippen molar-refractivity contribution < 1.29 is 23.1 Å². The Balaban J connectivity index is 4.24. The lowest BCUT2D eigenvalue weighted by Gasteiger charge is -2.15. The summed E-state index contributed by atoms with van der Waals surface area (Å²) in [5.74, 6) is -1.58. The second kappa shape index (κ2) is 8.91. The van der Waals surface area contributed by atoms with Crippen molar-refractivity contribution in [3.8, 4) is 0 Å². The predicted octanol–water partition coefficient (Wildman–Crippen LogP) is -0.244. The molecule has 0 aromatic carbocycles. The number of nitrogens with two attached hydrogens (primary N) is 1. The standard InChI is InChI=1S/C12H24N2O5S/c1-9(5-7-13)3-4-11(15)14-10(12(16)17)6-8-20(2,18)19/h9-10H,3-8,13H2,1-2H3,(H,14,15)(H,16,17). The van der Waals surface area contributed by atoms with Crippen molar-refractivity contribution in [3.63, 3.8) is 0 Å². The van der Waals surface area contributed by atoms with Gasteiger partial charge in [0.2, 0.25) is 5.91 Å². The molecule has 2 atom stereocenters. The van der Waals surface area contributed by atoms with E-state index < -0.39 is 21.8 Å². The molecule has 0 aromatic rings. The van der Waals surface area contributed by atoms with Gasteiger partial charge < -0.3 is 16.2 Å². The van der Waals surface area contributed by atoms with E-state index in [1.165, 1.54) is 0 Å². The molecule has 0 heterocycles. The van der Waals surface area contributed by atoms with Crippen molar-refractivity contribution in [3.05, 3.63) is 0 Å². The maximum absolute atomic E-state index is 11.6. The van der Waals surface area contributed by atoms with Crippen LogP contribution in [0.5, 0.6) is 0 Å². The average Bonchev–Trinajstić information content (AvgIpc) is 2.30. The van der Waals surface area contributed by atoms with E-state index in [1.807, 2.05) is 6.92 Å². The van der Waals surface area contributed by atoms with Crippen LogP contribution in [-0.4, -0.2) is 50.0 Å². The zero-order valence-electron chi connectivity index (χ0n) is 12.0. The third-order valence-electron chi connectivity index (χ3n) is 2.93. The molecule has 2 unspecified atom stereocenters. The molecule has 0 fully saturated rings. The van der Waals surface area contributed by atoms with Crippen LogP contribution in [0.2, 0.25) is 0 Å². The highest BCUT2D eigenvalue weighted by Crippen LogP contribution is 2.09.